The molecule has 9 nitrogen and oxygen atoms in total. The number of amides is 2. The van der Waals surface area contributed by atoms with Gasteiger partial charge in [-0.1, -0.05) is 48.0 Å². The maximum absolute atomic E-state index is 13.4. The highest BCUT2D eigenvalue weighted by atomic mass is 35.5. The molecular weight excluding hydrogens is 599 g/mol. The molecule has 44 heavy (non-hydrogen) atoms. The van der Waals surface area contributed by atoms with E-state index in [0.717, 1.165) is 22.4 Å². The normalized spacial score (nSPS) is 15.9. The highest BCUT2D eigenvalue weighted by molar-refractivity contribution is 6.30. The topological polar surface area (TPSA) is 131 Å². The highest BCUT2D eigenvalue weighted by Gasteiger charge is 2.32. The fourth-order valence-corrected chi connectivity index (χ4v) is 5.24. The lowest BCUT2D eigenvalue weighted by Crippen LogP contribution is -2.46. The van der Waals surface area contributed by atoms with Gasteiger partial charge in [-0.2, -0.15) is 0 Å². The van der Waals surface area contributed by atoms with E-state index >= 15 is 0 Å². The zero-order chi connectivity index (χ0) is 31.3. The maximum Gasteiger partial charge on any atom is 0.573 e. The summed E-state index contributed by atoms with van der Waals surface area (Å²) in [6.07, 6.45) is -0.357. The Morgan fingerprint density at radius 1 is 1.07 bits per heavy atom. The van der Waals surface area contributed by atoms with Gasteiger partial charge < -0.3 is 30.8 Å². The summed E-state index contributed by atoms with van der Waals surface area (Å²) in [6, 6.07) is 16.3. The number of aromatic nitrogens is 2. The van der Waals surface area contributed by atoms with Crippen molar-refractivity contribution >= 4 is 23.4 Å². The van der Waals surface area contributed by atoms with Crippen LogP contribution >= 0.6 is 11.6 Å². The molecule has 2 heterocycles. The summed E-state index contributed by atoms with van der Waals surface area (Å²) in [7, 11) is 0. The number of benzene rings is 3. The van der Waals surface area contributed by atoms with Crippen LogP contribution in [0.4, 0.5) is 13.2 Å². The summed E-state index contributed by atoms with van der Waals surface area (Å²) in [5, 5.41) is 6.88. The highest BCUT2D eigenvalue weighted by Crippen LogP contribution is 2.37. The molecule has 0 bridgehead atoms. The third-order valence-electron chi connectivity index (χ3n) is 7.21. The number of carbonyl (C=O) groups is 2. The number of hydrogen-bond donors (Lipinski definition) is 4. The van der Waals surface area contributed by atoms with Gasteiger partial charge in [0.25, 0.3) is 5.91 Å². The summed E-state index contributed by atoms with van der Waals surface area (Å²) in [5.74, 6) is -1.10. The average Bonchev–Trinajstić information content (AvgIpc) is 3.53. The number of halogens is 4. The first-order valence-electron chi connectivity index (χ1n) is 13.7. The number of nitrogens with one attached hydrogen (secondary N) is 3. The van der Waals surface area contributed by atoms with Crippen molar-refractivity contribution in [2.75, 3.05) is 6.61 Å². The number of carbonyl (C=O) groups excluding carboxylic acids is 2. The van der Waals surface area contributed by atoms with Crippen LogP contribution in [0.2, 0.25) is 5.02 Å². The van der Waals surface area contributed by atoms with Crippen LogP contribution in [-0.2, 0) is 17.6 Å². The first kappa shape index (κ1) is 30.9. The molecule has 0 fully saturated rings. The number of primary amides is 1. The fraction of sp³-hybridized carbons (Fsp3) is 0.258. The number of imidazole rings is 1. The molecule has 2 unspecified atom stereocenters. The number of para-hydroxylation sites is 1. The number of nitrogens with zero attached hydrogens (tertiary/aromatic N) is 1. The second-order valence-electron chi connectivity index (χ2n) is 10.3. The largest absolute Gasteiger partial charge is 0.573 e. The zero-order valence-corrected chi connectivity index (χ0v) is 24.0. The number of rotatable bonds is 11. The van der Waals surface area contributed by atoms with E-state index < -0.39 is 24.2 Å². The smallest absolute Gasteiger partial charge is 0.492 e. The first-order valence-corrected chi connectivity index (χ1v) is 14.1. The summed E-state index contributed by atoms with van der Waals surface area (Å²) >= 11 is 5.96. The van der Waals surface area contributed by atoms with E-state index in [2.05, 4.69) is 25.3 Å². The Balaban J connectivity index is 1.33. The second kappa shape index (κ2) is 13.4. The summed E-state index contributed by atoms with van der Waals surface area (Å²) in [4.78, 5) is 32.9. The minimum absolute atomic E-state index is 0.188. The van der Waals surface area contributed by atoms with Gasteiger partial charge in [0, 0.05) is 35.7 Å². The van der Waals surface area contributed by atoms with Crippen LogP contribution in [-0.4, -0.2) is 40.8 Å². The molecule has 0 saturated heterocycles. The van der Waals surface area contributed by atoms with E-state index in [1.807, 2.05) is 6.07 Å². The second-order valence-corrected chi connectivity index (χ2v) is 10.7. The quantitative estimate of drug-likeness (QED) is 0.181. The van der Waals surface area contributed by atoms with E-state index in [9.17, 15) is 22.8 Å². The number of ether oxygens (including phenoxy) is 2. The van der Waals surface area contributed by atoms with Gasteiger partial charge in [0.1, 0.15) is 17.5 Å². The minimum Gasteiger partial charge on any atom is -0.492 e. The number of H-pyrrole nitrogens is 1. The van der Waals surface area contributed by atoms with Gasteiger partial charge in [-0.3, -0.25) is 9.59 Å². The molecule has 5 N–H and O–H groups in total. The molecule has 5 rings (SSSR count). The predicted molar refractivity (Wildman–Crippen MR) is 156 cm³/mol. The van der Waals surface area contributed by atoms with E-state index in [1.165, 1.54) is 12.1 Å². The van der Waals surface area contributed by atoms with Gasteiger partial charge in [-0.05, 0) is 47.9 Å². The number of aromatic amines is 1. The zero-order valence-electron chi connectivity index (χ0n) is 23.2. The van der Waals surface area contributed by atoms with Crippen molar-refractivity contribution in [2.45, 2.75) is 43.8 Å². The lowest BCUT2D eigenvalue weighted by Gasteiger charge is -2.31. The lowest BCUT2D eigenvalue weighted by molar-refractivity contribution is -0.274. The van der Waals surface area contributed by atoms with Crippen molar-refractivity contribution in [3.05, 3.63) is 112 Å². The standard InChI is InChI=1S/C31H29ClF3N5O4/c32-20-8-4-18(5-9-20)15-26(29(36)41)40-30(42)23-3-1-2-22-24(12-13-43-28(22)23)39-25(27-16-37-17-38-27)14-19-6-10-21(11-7-19)44-31(33,34)35/h1-11,16-17,24-26,39H,12-15H2,(H2,36,41)(H,37,38)(H,40,42)/t24?,25?,26-/m0/s1. The van der Waals surface area contributed by atoms with Crippen LogP contribution in [0, 0.1) is 0 Å². The Hall–Kier alpha value is -4.55. The monoisotopic (exact) mass is 627 g/mol. The summed E-state index contributed by atoms with van der Waals surface area (Å²) in [6.45, 7) is 0.318. The fourth-order valence-electron chi connectivity index (χ4n) is 5.11. The molecule has 0 aliphatic carbocycles. The van der Waals surface area contributed by atoms with Crippen LogP contribution in [0.5, 0.6) is 11.5 Å². The molecule has 3 atom stereocenters. The Kier molecular flexibility index (Phi) is 9.40. The Bertz CT molecular complexity index is 1580. The van der Waals surface area contributed by atoms with Crippen LogP contribution in [0.1, 0.15) is 51.2 Å². The molecular formula is C31H29ClF3N5O4. The van der Waals surface area contributed by atoms with Crippen molar-refractivity contribution in [3.63, 3.8) is 0 Å². The Labute approximate surface area is 255 Å². The summed E-state index contributed by atoms with van der Waals surface area (Å²) in [5.41, 5.74) is 8.94. The average molecular weight is 628 g/mol. The van der Waals surface area contributed by atoms with Gasteiger partial charge in [0.2, 0.25) is 5.91 Å². The number of nitrogens with two attached hydrogens (primary N) is 1. The van der Waals surface area contributed by atoms with Gasteiger partial charge in [0.05, 0.1) is 30.2 Å². The van der Waals surface area contributed by atoms with E-state index in [4.69, 9.17) is 22.1 Å². The molecule has 4 aromatic rings. The SMILES string of the molecule is NC(=O)[C@H](Cc1ccc(Cl)cc1)NC(=O)c1cccc2c1OCCC2NC(Cc1ccc(OC(F)(F)F)cc1)c1cnc[nH]1. The van der Waals surface area contributed by atoms with Gasteiger partial charge >= 0.3 is 6.36 Å². The van der Waals surface area contributed by atoms with Crippen molar-refractivity contribution in [1.82, 2.24) is 20.6 Å². The molecule has 0 radical (unpaired) electrons. The van der Waals surface area contributed by atoms with Crippen LogP contribution in [0.15, 0.2) is 79.3 Å². The number of fused-ring (bicyclic) bond motifs is 1. The van der Waals surface area contributed by atoms with Crippen LogP contribution < -0.4 is 25.8 Å². The molecule has 1 aliphatic heterocycles. The van der Waals surface area contributed by atoms with E-state index in [1.54, 1.807) is 61.1 Å². The van der Waals surface area contributed by atoms with Crippen molar-refractivity contribution in [1.29, 1.82) is 0 Å². The Morgan fingerprint density at radius 2 is 1.77 bits per heavy atom. The molecule has 0 saturated carbocycles. The molecule has 3 aromatic carbocycles. The first-order chi connectivity index (χ1) is 21.1. The summed E-state index contributed by atoms with van der Waals surface area (Å²) < 4.78 is 47.7. The molecule has 2 amide bonds. The van der Waals surface area contributed by atoms with E-state index in [-0.39, 0.29) is 29.8 Å². The van der Waals surface area contributed by atoms with Gasteiger partial charge in [0.15, 0.2) is 0 Å². The number of alkyl halides is 3. The van der Waals surface area contributed by atoms with Crippen LogP contribution in [0.25, 0.3) is 0 Å². The minimum atomic E-state index is -4.77. The van der Waals surface area contributed by atoms with Crippen molar-refractivity contribution in [3.8, 4) is 11.5 Å². The molecule has 230 valence electrons. The predicted octanol–water partition coefficient (Wildman–Crippen LogP) is 5.19. The maximum atomic E-state index is 13.4. The van der Waals surface area contributed by atoms with Crippen LogP contribution in [0.3, 0.4) is 0 Å². The third-order valence-corrected chi connectivity index (χ3v) is 7.47. The van der Waals surface area contributed by atoms with E-state index in [0.29, 0.717) is 30.2 Å². The molecule has 0 spiro atoms. The molecule has 13 heteroatoms. The van der Waals surface area contributed by atoms with Gasteiger partial charge in [-0.15, -0.1) is 13.2 Å². The lowest BCUT2D eigenvalue weighted by atomic mass is 9.94. The Morgan fingerprint density at radius 3 is 2.43 bits per heavy atom. The van der Waals surface area contributed by atoms with Crippen molar-refractivity contribution < 1.29 is 32.2 Å². The molecule has 1 aliphatic rings. The third kappa shape index (κ3) is 7.88. The number of hydrogen-bond acceptors (Lipinski definition) is 6. The van der Waals surface area contributed by atoms with Crippen molar-refractivity contribution in [2.24, 2.45) is 5.73 Å². The molecule has 1 aromatic heterocycles. The van der Waals surface area contributed by atoms with Gasteiger partial charge in [-0.25, -0.2) is 4.98 Å².